The average Bonchev–Trinajstić information content (AvgIpc) is 2.93. The van der Waals surface area contributed by atoms with Crippen molar-refractivity contribution in [3.63, 3.8) is 0 Å². The molecule has 1 heterocycles. The van der Waals surface area contributed by atoms with Gasteiger partial charge in [-0.3, -0.25) is 0 Å². The van der Waals surface area contributed by atoms with Crippen molar-refractivity contribution >= 4 is 0 Å². The Morgan fingerprint density at radius 2 is 1.47 bits per heavy atom. The first kappa shape index (κ1) is 12.4. The van der Waals surface area contributed by atoms with Gasteiger partial charge in [0.2, 0.25) is 0 Å². The van der Waals surface area contributed by atoms with Gasteiger partial charge >= 0.3 is 0 Å². The van der Waals surface area contributed by atoms with Gasteiger partial charge in [-0.15, -0.1) is 0 Å². The first-order valence-electron chi connectivity index (χ1n) is 6.87. The van der Waals surface area contributed by atoms with Gasteiger partial charge in [-0.05, 0) is 42.5 Å². The Kier molecular flexibility index (Phi) is 3.36. The van der Waals surface area contributed by atoms with Crippen LogP contribution in [0.25, 0.3) is 0 Å². The summed E-state index contributed by atoms with van der Waals surface area (Å²) < 4.78 is 0. The van der Waals surface area contributed by atoms with Crippen LogP contribution in [-0.4, -0.2) is 0 Å². The molecule has 0 bridgehead atoms. The molecule has 0 aromatic heterocycles. The predicted octanol–water partition coefficient (Wildman–Crippen LogP) is 3.58. The van der Waals surface area contributed by atoms with Crippen LogP contribution in [0.2, 0.25) is 0 Å². The van der Waals surface area contributed by atoms with Gasteiger partial charge in [0.25, 0.3) is 0 Å². The van der Waals surface area contributed by atoms with E-state index in [1.54, 1.807) is 0 Å². The van der Waals surface area contributed by atoms with Crippen LogP contribution in [0.1, 0.15) is 40.8 Å². The standard InChI is InChI=1S/C17H20N2/c1-12-8-9-15(10-13(12)2)17-11-16(18-19-17)14-6-4-3-5-7-14/h3-10,16-19H,11H2,1-2H3. The molecule has 2 nitrogen and oxygen atoms in total. The number of hydrazine groups is 1. The molecule has 2 heteroatoms. The average molecular weight is 252 g/mol. The zero-order valence-electron chi connectivity index (χ0n) is 11.5. The minimum Gasteiger partial charge on any atom is -0.250 e. The number of nitrogens with one attached hydrogen (secondary N) is 2. The van der Waals surface area contributed by atoms with Crippen molar-refractivity contribution in [3.8, 4) is 0 Å². The summed E-state index contributed by atoms with van der Waals surface area (Å²) in [5, 5.41) is 0. The van der Waals surface area contributed by atoms with Crippen molar-refractivity contribution in [2.45, 2.75) is 32.4 Å². The predicted molar refractivity (Wildman–Crippen MR) is 78.7 cm³/mol. The Labute approximate surface area is 114 Å². The van der Waals surface area contributed by atoms with E-state index in [1.807, 2.05) is 0 Å². The Hall–Kier alpha value is -1.64. The number of benzene rings is 2. The minimum absolute atomic E-state index is 0.393. The lowest BCUT2D eigenvalue weighted by Crippen LogP contribution is -2.26. The van der Waals surface area contributed by atoms with Gasteiger partial charge < -0.3 is 0 Å². The number of aryl methyl sites for hydroxylation is 2. The third kappa shape index (κ3) is 2.55. The summed E-state index contributed by atoms with van der Waals surface area (Å²) >= 11 is 0. The van der Waals surface area contributed by atoms with Gasteiger partial charge in [-0.25, -0.2) is 10.9 Å². The van der Waals surface area contributed by atoms with Gasteiger partial charge in [0, 0.05) is 12.1 Å². The zero-order valence-corrected chi connectivity index (χ0v) is 11.5. The summed E-state index contributed by atoms with van der Waals surface area (Å²) in [5.41, 5.74) is 12.3. The SMILES string of the molecule is Cc1ccc(C2CC(c3ccccc3)NN2)cc1C. The first-order chi connectivity index (χ1) is 9.24. The van der Waals surface area contributed by atoms with E-state index in [4.69, 9.17) is 0 Å². The Morgan fingerprint density at radius 1 is 0.789 bits per heavy atom. The molecule has 98 valence electrons. The second-order valence-electron chi connectivity index (χ2n) is 5.38. The van der Waals surface area contributed by atoms with Crippen molar-refractivity contribution < 1.29 is 0 Å². The molecule has 0 amide bonds. The zero-order chi connectivity index (χ0) is 13.2. The third-order valence-electron chi connectivity index (χ3n) is 4.04. The molecule has 0 aliphatic carbocycles. The maximum atomic E-state index is 3.42. The highest BCUT2D eigenvalue weighted by Gasteiger charge is 2.25. The van der Waals surface area contributed by atoms with Crippen molar-refractivity contribution in [1.29, 1.82) is 0 Å². The molecule has 0 radical (unpaired) electrons. The second-order valence-corrected chi connectivity index (χ2v) is 5.38. The fourth-order valence-electron chi connectivity index (χ4n) is 2.66. The summed E-state index contributed by atoms with van der Waals surface area (Å²) in [7, 11) is 0. The van der Waals surface area contributed by atoms with E-state index in [2.05, 4.69) is 73.2 Å². The summed E-state index contributed by atoms with van der Waals surface area (Å²) in [6.07, 6.45) is 1.09. The molecule has 1 saturated heterocycles. The summed E-state index contributed by atoms with van der Waals surface area (Å²) in [6, 6.07) is 18.1. The molecule has 1 aliphatic heterocycles. The molecule has 3 rings (SSSR count). The fourth-order valence-corrected chi connectivity index (χ4v) is 2.66. The lowest BCUT2D eigenvalue weighted by Gasteiger charge is -2.12. The largest absolute Gasteiger partial charge is 0.250 e. The van der Waals surface area contributed by atoms with E-state index in [0.717, 1.165) is 6.42 Å². The molecule has 2 N–H and O–H groups in total. The molecule has 1 aliphatic rings. The van der Waals surface area contributed by atoms with Crippen molar-refractivity contribution in [1.82, 2.24) is 10.9 Å². The number of rotatable bonds is 2. The normalized spacial score (nSPS) is 22.6. The minimum atomic E-state index is 0.393. The van der Waals surface area contributed by atoms with Gasteiger partial charge in [-0.2, -0.15) is 0 Å². The molecule has 1 fully saturated rings. The quantitative estimate of drug-likeness (QED) is 0.853. The van der Waals surface area contributed by atoms with Crippen LogP contribution in [0.5, 0.6) is 0 Å². The van der Waals surface area contributed by atoms with E-state index in [1.165, 1.54) is 22.3 Å². The molecular weight excluding hydrogens is 232 g/mol. The van der Waals surface area contributed by atoms with Crippen molar-refractivity contribution in [3.05, 3.63) is 70.8 Å². The van der Waals surface area contributed by atoms with E-state index in [9.17, 15) is 0 Å². The maximum absolute atomic E-state index is 3.42. The van der Waals surface area contributed by atoms with Crippen molar-refractivity contribution in [2.24, 2.45) is 0 Å². The van der Waals surface area contributed by atoms with Gasteiger partial charge in [0.1, 0.15) is 0 Å². The van der Waals surface area contributed by atoms with Crippen LogP contribution in [0.3, 0.4) is 0 Å². The maximum Gasteiger partial charge on any atom is 0.0481 e. The molecule has 2 aromatic carbocycles. The molecule has 0 spiro atoms. The van der Waals surface area contributed by atoms with Crippen LogP contribution in [0.4, 0.5) is 0 Å². The van der Waals surface area contributed by atoms with Crippen LogP contribution in [0.15, 0.2) is 48.5 Å². The topological polar surface area (TPSA) is 24.1 Å². The Morgan fingerprint density at radius 3 is 2.16 bits per heavy atom. The van der Waals surface area contributed by atoms with Crippen LogP contribution < -0.4 is 10.9 Å². The van der Waals surface area contributed by atoms with Gasteiger partial charge in [-0.1, -0.05) is 48.5 Å². The van der Waals surface area contributed by atoms with E-state index in [-0.39, 0.29) is 0 Å². The number of hydrogen-bond acceptors (Lipinski definition) is 2. The Bertz CT molecular complexity index is 563. The summed E-state index contributed by atoms with van der Waals surface area (Å²) in [6.45, 7) is 4.34. The molecule has 19 heavy (non-hydrogen) atoms. The molecule has 2 atom stereocenters. The Balaban J connectivity index is 1.77. The van der Waals surface area contributed by atoms with Gasteiger partial charge in [0.15, 0.2) is 0 Å². The van der Waals surface area contributed by atoms with Crippen LogP contribution in [0, 0.1) is 13.8 Å². The molecule has 2 aromatic rings. The monoisotopic (exact) mass is 252 g/mol. The fraction of sp³-hybridized carbons (Fsp3) is 0.294. The summed E-state index contributed by atoms with van der Waals surface area (Å²) in [4.78, 5) is 0. The van der Waals surface area contributed by atoms with E-state index < -0.39 is 0 Å². The highest BCUT2D eigenvalue weighted by Crippen LogP contribution is 2.31. The number of hydrogen-bond donors (Lipinski definition) is 2. The molecular formula is C17H20N2. The smallest absolute Gasteiger partial charge is 0.0481 e. The highest BCUT2D eigenvalue weighted by molar-refractivity contribution is 5.32. The molecule has 0 saturated carbocycles. The first-order valence-corrected chi connectivity index (χ1v) is 6.87. The van der Waals surface area contributed by atoms with Crippen LogP contribution in [-0.2, 0) is 0 Å². The van der Waals surface area contributed by atoms with E-state index in [0.29, 0.717) is 12.1 Å². The van der Waals surface area contributed by atoms with Crippen molar-refractivity contribution in [2.75, 3.05) is 0 Å². The lowest BCUT2D eigenvalue weighted by molar-refractivity contribution is 0.555. The van der Waals surface area contributed by atoms with Crippen LogP contribution >= 0.6 is 0 Å². The van der Waals surface area contributed by atoms with E-state index >= 15 is 0 Å². The third-order valence-corrected chi connectivity index (χ3v) is 4.04. The second kappa shape index (κ2) is 5.16. The molecule has 2 unspecified atom stereocenters. The lowest BCUT2D eigenvalue weighted by atomic mass is 9.95. The summed E-state index contributed by atoms with van der Waals surface area (Å²) in [5.74, 6) is 0. The highest BCUT2D eigenvalue weighted by atomic mass is 15.4. The van der Waals surface area contributed by atoms with Gasteiger partial charge in [0.05, 0.1) is 0 Å².